The van der Waals surface area contributed by atoms with Crippen molar-refractivity contribution in [3.63, 3.8) is 0 Å². The Morgan fingerprint density at radius 3 is 2.71 bits per heavy atom. The predicted octanol–water partition coefficient (Wildman–Crippen LogP) is 2.93. The summed E-state index contributed by atoms with van der Waals surface area (Å²) in [6, 6.07) is 7.84. The summed E-state index contributed by atoms with van der Waals surface area (Å²) in [7, 11) is 0. The van der Waals surface area contributed by atoms with Crippen molar-refractivity contribution < 1.29 is 4.79 Å². The Morgan fingerprint density at radius 1 is 1.33 bits per heavy atom. The number of amides is 1. The lowest BCUT2D eigenvalue weighted by molar-refractivity contribution is -0.136. The number of carbonyl (C=O) groups is 1. The molecule has 4 heteroatoms. The molecule has 21 heavy (non-hydrogen) atoms. The highest BCUT2D eigenvalue weighted by atomic mass is 35.5. The van der Waals surface area contributed by atoms with Gasteiger partial charge in [0.2, 0.25) is 5.91 Å². The predicted molar refractivity (Wildman–Crippen MR) is 85.1 cm³/mol. The molecule has 3 rings (SSSR count). The van der Waals surface area contributed by atoms with Crippen LogP contribution in [-0.2, 0) is 11.3 Å². The van der Waals surface area contributed by atoms with Crippen molar-refractivity contribution in [1.82, 2.24) is 10.2 Å². The summed E-state index contributed by atoms with van der Waals surface area (Å²) in [6.07, 6.45) is 2.51. The van der Waals surface area contributed by atoms with E-state index in [9.17, 15) is 4.79 Å². The summed E-state index contributed by atoms with van der Waals surface area (Å²) < 4.78 is 0. The standard InChI is InChI=1S/C17H23ClN2O/c1-12-8-19-9-15(12)17(21)20(10-13-6-7-13)11-14-4-2-3-5-16(14)18/h2-5,12-13,15,19H,6-11H2,1H3/t12-,15-/m1/s1. The molecule has 1 N–H and O–H groups in total. The first kappa shape index (κ1) is 14.9. The van der Waals surface area contributed by atoms with Crippen molar-refractivity contribution in [1.29, 1.82) is 0 Å². The molecule has 0 aromatic heterocycles. The zero-order chi connectivity index (χ0) is 14.8. The highest BCUT2D eigenvalue weighted by molar-refractivity contribution is 6.31. The van der Waals surface area contributed by atoms with Crippen molar-refractivity contribution in [3.05, 3.63) is 34.9 Å². The summed E-state index contributed by atoms with van der Waals surface area (Å²) >= 11 is 6.26. The van der Waals surface area contributed by atoms with Gasteiger partial charge in [-0.2, -0.15) is 0 Å². The van der Waals surface area contributed by atoms with E-state index in [1.165, 1.54) is 12.8 Å². The fraction of sp³-hybridized carbons (Fsp3) is 0.588. The van der Waals surface area contributed by atoms with E-state index in [0.29, 0.717) is 24.3 Å². The van der Waals surface area contributed by atoms with Crippen LogP contribution in [-0.4, -0.2) is 30.4 Å². The quantitative estimate of drug-likeness (QED) is 0.907. The fourth-order valence-electron chi connectivity index (χ4n) is 3.05. The highest BCUT2D eigenvalue weighted by Gasteiger charge is 2.35. The van der Waals surface area contributed by atoms with E-state index in [2.05, 4.69) is 12.2 Å². The molecule has 0 unspecified atom stereocenters. The number of nitrogens with zero attached hydrogens (tertiary/aromatic N) is 1. The van der Waals surface area contributed by atoms with E-state index in [1.54, 1.807) is 0 Å². The molecule has 2 aliphatic rings. The van der Waals surface area contributed by atoms with Gasteiger partial charge in [-0.25, -0.2) is 0 Å². The van der Waals surface area contributed by atoms with Gasteiger partial charge in [-0.3, -0.25) is 4.79 Å². The van der Waals surface area contributed by atoms with Gasteiger partial charge in [-0.05, 0) is 42.9 Å². The first-order chi connectivity index (χ1) is 10.1. The molecular formula is C17H23ClN2O. The number of halogens is 1. The first-order valence-corrected chi connectivity index (χ1v) is 8.26. The maximum Gasteiger partial charge on any atom is 0.227 e. The fourth-order valence-corrected chi connectivity index (χ4v) is 3.25. The van der Waals surface area contributed by atoms with E-state index in [0.717, 1.165) is 30.2 Å². The van der Waals surface area contributed by atoms with Gasteiger partial charge < -0.3 is 10.2 Å². The van der Waals surface area contributed by atoms with Gasteiger partial charge in [0.05, 0.1) is 5.92 Å². The molecule has 1 saturated carbocycles. The van der Waals surface area contributed by atoms with Crippen LogP contribution in [0.5, 0.6) is 0 Å². The van der Waals surface area contributed by atoms with Crippen molar-refractivity contribution in [2.75, 3.05) is 19.6 Å². The average molecular weight is 307 g/mol. The molecule has 2 atom stereocenters. The number of nitrogens with one attached hydrogen (secondary N) is 1. The monoisotopic (exact) mass is 306 g/mol. The maximum absolute atomic E-state index is 12.9. The van der Waals surface area contributed by atoms with Gasteiger partial charge in [0, 0.05) is 24.7 Å². The van der Waals surface area contributed by atoms with Crippen LogP contribution in [0.2, 0.25) is 5.02 Å². The molecule has 1 aromatic carbocycles. The topological polar surface area (TPSA) is 32.3 Å². The zero-order valence-corrected chi connectivity index (χ0v) is 13.3. The van der Waals surface area contributed by atoms with E-state index in [1.807, 2.05) is 29.2 Å². The van der Waals surface area contributed by atoms with Crippen LogP contribution >= 0.6 is 11.6 Å². The Hall–Kier alpha value is -1.06. The molecule has 1 aromatic rings. The summed E-state index contributed by atoms with van der Waals surface area (Å²) in [4.78, 5) is 14.9. The Labute approximate surface area is 131 Å². The number of carbonyl (C=O) groups excluding carboxylic acids is 1. The Bertz CT molecular complexity index is 515. The number of rotatable bonds is 5. The first-order valence-electron chi connectivity index (χ1n) is 7.88. The smallest absolute Gasteiger partial charge is 0.227 e. The number of hydrogen-bond acceptors (Lipinski definition) is 2. The summed E-state index contributed by atoms with van der Waals surface area (Å²) in [5.74, 6) is 1.53. The molecule has 1 amide bonds. The second-order valence-corrected chi connectivity index (χ2v) is 6.90. The van der Waals surface area contributed by atoms with Gasteiger partial charge >= 0.3 is 0 Å². The summed E-state index contributed by atoms with van der Waals surface area (Å²) in [6.45, 7) is 5.43. The van der Waals surface area contributed by atoms with Gasteiger partial charge in [0.15, 0.2) is 0 Å². The normalized spacial score (nSPS) is 25.0. The highest BCUT2D eigenvalue weighted by Crippen LogP contribution is 2.32. The molecule has 1 heterocycles. The SMILES string of the molecule is C[C@@H]1CNC[C@H]1C(=O)N(Cc1ccccc1Cl)CC1CC1. The third kappa shape index (κ3) is 3.58. The minimum absolute atomic E-state index is 0.117. The van der Waals surface area contributed by atoms with Gasteiger partial charge in [-0.15, -0.1) is 0 Å². The van der Waals surface area contributed by atoms with Crippen LogP contribution in [0.15, 0.2) is 24.3 Å². The van der Waals surface area contributed by atoms with Crippen molar-refractivity contribution in [2.24, 2.45) is 17.8 Å². The van der Waals surface area contributed by atoms with E-state index in [4.69, 9.17) is 11.6 Å². The molecule has 0 bridgehead atoms. The minimum Gasteiger partial charge on any atom is -0.338 e. The molecule has 114 valence electrons. The van der Waals surface area contributed by atoms with Gasteiger partial charge in [0.25, 0.3) is 0 Å². The van der Waals surface area contributed by atoms with Crippen molar-refractivity contribution in [2.45, 2.75) is 26.3 Å². The summed E-state index contributed by atoms with van der Waals surface area (Å²) in [5.41, 5.74) is 1.05. The Balaban J connectivity index is 1.74. The molecule has 1 aliphatic heterocycles. The van der Waals surface area contributed by atoms with Crippen molar-refractivity contribution >= 4 is 17.5 Å². The third-order valence-corrected chi connectivity index (χ3v) is 5.01. The zero-order valence-electron chi connectivity index (χ0n) is 12.5. The van der Waals surface area contributed by atoms with Crippen LogP contribution in [0.3, 0.4) is 0 Å². The molecule has 1 saturated heterocycles. The largest absolute Gasteiger partial charge is 0.338 e. The molecule has 0 radical (unpaired) electrons. The lowest BCUT2D eigenvalue weighted by atomic mass is 9.96. The third-order valence-electron chi connectivity index (χ3n) is 4.64. The van der Waals surface area contributed by atoms with Gasteiger partial charge in [0.1, 0.15) is 0 Å². The van der Waals surface area contributed by atoms with Crippen LogP contribution in [0.25, 0.3) is 0 Å². The average Bonchev–Trinajstić information content (AvgIpc) is 3.19. The molecular weight excluding hydrogens is 284 g/mol. The number of hydrogen-bond donors (Lipinski definition) is 1. The summed E-state index contributed by atoms with van der Waals surface area (Å²) in [5, 5.41) is 4.08. The number of benzene rings is 1. The van der Waals surface area contributed by atoms with Gasteiger partial charge in [-0.1, -0.05) is 36.7 Å². The van der Waals surface area contributed by atoms with Crippen molar-refractivity contribution in [3.8, 4) is 0 Å². The molecule has 2 fully saturated rings. The van der Waals surface area contributed by atoms with Crippen LogP contribution in [0.1, 0.15) is 25.3 Å². The lowest BCUT2D eigenvalue weighted by Gasteiger charge is -2.27. The molecule has 1 aliphatic carbocycles. The lowest BCUT2D eigenvalue weighted by Crippen LogP contribution is -2.39. The van der Waals surface area contributed by atoms with Crippen LogP contribution in [0.4, 0.5) is 0 Å². The Morgan fingerprint density at radius 2 is 2.10 bits per heavy atom. The van der Waals surface area contributed by atoms with Crippen LogP contribution < -0.4 is 5.32 Å². The Kier molecular flexibility index (Phi) is 4.51. The minimum atomic E-state index is 0.117. The molecule has 3 nitrogen and oxygen atoms in total. The second kappa shape index (κ2) is 6.37. The van der Waals surface area contributed by atoms with E-state index < -0.39 is 0 Å². The van der Waals surface area contributed by atoms with E-state index >= 15 is 0 Å². The molecule has 0 spiro atoms. The maximum atomic E-state index is 12.9. The second-order valence-electron chi connectivity index (χ2n) is 6.50. The van der Waals surface area contributed by atoms with Crippen LogP contribution in [0, 0.1) is 17.8 Å². The van der Waals surface area contributed by atoms with E-state index in [-0.39, 0.29) is 5.92 Å².